The molecule has 0 radical (unpaired) electrons. The molecule has 542 valence electrons. The summed E-state index contributed by atoms with van der Waals surface area (Å²) in [6.45, 7) is 1.46. The summed E-state index contributed by atoms with van der Waals surface area (Å²) in [6, 6.07) is 77.5. The number of nitrogens with zero attached hydrogens (tertiary/aromatic N) is 1. The van der Waals surface area contributed by atoms with Crippen molar-refractivity contribution in [3.05, 3.63) is 323 Å². The molecule has 0 bridgehead atoms. The molecule has 0 aromatic heterocycles. The van der Waals surface area contributed by atoms with Gasteiger partial charge in [-0.05, 0) is 83.3 Å². The topological polar surface area (TPSA) is 235 Å². The van der Waals surface area contributed by atoms with E-state index in [4.69, 9.17) is 66.3 Å². The molecule has 3 aliphatic heterocycles. The highest BCUT2D eigenvalue weighted by atomic mass is 16.8. The SMILES string of the molecule is CC(=O)O[C@H]1CN(C(=O)OCc2ccccc2)[C@H](COCc2ccccc2)[C@@H](O[C@@H]2O[C@@H](C)[C@@H](OCc3ccccc3)[C@@H](OCc3ccccc3)[C@@H]2OCc2ccccc2)[C@@H]1O[C@@H]1O[C@H](COC(=O)c2ccccc2)[C@H](OC(=O)c2ccccc2)[C@H](OC(=O)c2ccccc2)[C@H]1OC(=O)c1ccccc1. The number of hydrogen-bond acceptors (Lipinski definition) is 20. The van der Waals surface area contributed by atoms with E-state index in [1.807, 2.05) is 134 Å². The van der Waals surface area contributed by atoms with Gasteiger partial charge >= 0.3 is 35.9 Å². The molecule has 14 atom stereocenters. The number of benzene rings is 9. The minimum atomic E-state index is -2.02. The zero-order valence-corrected chi connectivity index (χ0v) is 57.8. The van der Waals surface area contributed by atoms with Gasteiger partial charge in [0.25, 0.3) is 0 Å². The predicted octanol–water partition coefficient (Wildman–Crippen LogP) is 12.7. The first kappa shape index (κ1) is 74.0. The summed E-state index contributed by atoms with van der Waals surface area (Å²) in [4.78, 5) is 89.6. The van der Waals surface area contributed by atoms with Gasteiger partial charge in [-0.3, -0.25) is 9.69 Å². The van der Waals surface area contributed by atoms with Crippen LogP contribution in [0.2, 0.25) is 0 Å². The lowest BCUT2D eigenvalue weighted by atomic mass is 9.92. The molecule has 1 amide bonds. The lowest BCUT2D eigenvalue weighted by Gasteiger charge is -2.52. The van der Waals surface area contributed by atoms with E-state index in [2.05, 4.69) is 0 Å². The van der Waals surface area contributed by atoms with Crippen molar-refractivity contribution >= 4 is 35.9 Å². The van der Waals surface area contributed by atoms with Crippen LogP contribution in [0.1, 0.15) is 83.1 Å². The maximum Gasteiger partial charge on any atom is 0.410 e. The Morgan fingerprint density at radius 1 is 0.352 bits per heavy atom. The van der Waals surface area contributed by atoms with E-state index in [0.29, 0.717) is 5.56 Å². The molecule has 3 heterocycles. The summed E-state index contributed by atoms with van der Waals surface area (Å²) in [5.74, 6) is -4.55. The summed E-state index contributed by atoms with van der Waals surface area (Å²) in [5, 5.41) is 0. The van der Waals surface area contributed by atoms with Gasteiger partial charge in [-0.15, -0.1) is 0 Å². The Morgan fingerprint density at radius 3 is 1.18 bits per heavy atom. The lowest BCUT2D eigenvalue weighted by molar-refractivity contribution is -0.361. The van der Waals surface area contributed by atoms with Crippen LogP contribution in [0.5, 0.6) is 0 Å². The highest BCUT2D eigenvalue weighted by Crippen LogP contribution is 2.39. The van der Waals surface area contributed by atoms with Gasteiger partial charge in [-0.2, -0.15) is 0 Å². The molecule has 21 heteroatoms. The Bertz CT molecular complexity index is 4190. The van der Waals surface area contributed by atoms with Crippen molar-refractivity contribution in [3.63, 3.8) is 0 Å². The van der Waals surface area contributed by atoms with Crippen molar-refractivity contribution in [1.82, 2.24) is 4.90 Å². The standard InChI is InChI=1S/C84H81NO20/c1-56-70(93-50-59-32-14-4-15-33-59)74(94-51-60-34-16-5-17-35-60)76(95-52-61-36-18-6-19-37-61)82(98-56)104-71-67(54-92-49-58-30-12-3-13-31-58)85(84(91)97-53-62-38-20-7-21-39-62)48-68(99-57(2)86)72(71)105-83-77(103-81(90)66-46-28-11-29-47-66)75(102-80(89)65-44-26-10-27-45-65)73(101-79(88)64-42-24-9-25-43-64)69(100-83)55-96-78(87)63-40-22-8-23-41-63/h3-47,56,67-77,82-83H,48-55H2,1-2H3/t56-,67+,68-,69+,70+,71+,72+,73-,74+,75-,76-,77+,82-,83-/m0/s1. The molecule has 3 fully saturated rings. The van der Waals surface area contributed by atoms with Gasteiger partial charge in [0.15, 0.2) is 30.9 Å². The zero-order chi connectivity index (χ0) is 72.7. The van der Waals surface area contributed by atoms with Crippen LogP contribution in [0, 0.1) is 0 Å². The quantitative estimate of drug-likeness (QED) is 0.0313. The van der Waals surface area contributed by atoms with Crippen molar-refractivity contribution < 1.29 is 95.1 Å². The fraction of sp³-hybridized carbons (Fsp3) is 0.286. The highest BCUT2D eigenvalue weighted by Gasteiger charge is 2.59. The third-order valence-corrected chi connectivity index (χ3v) is 17.9. The summed E-state index contributed by atoms with van der Waals surface area (Å²) in [5.41, 5.74) is 4.17. The van der Waals surface area contributed by atoms with E-state index < -0.39 is 135 Å². The summed E-state index contributed by atoms with van der Waals surface area (Å²) in [6.07, 6.45) is -20.6. The largest absolute Gasteiger partial charge is 0.459 e. The first-order valence-electron chi connectivity index (χ1n) is 34.7. The Balaban J connectivity index is 1.02. The van der Waals surface area contributed by atoms with Crippen LogP contribution in [0.25, 0.3) is 0 Å². The number of carbonyl (C=O) groups is 6. The van der Waals surface area contributed by atoms with E-state index in [1.54, 1.807) is 97.1 Å². The molecule has 21 nitrogen and oxygen atoms in total. The fourth-order valence-corrected chi connectivity index (χ4v) is 12.7. The Labute approximate surface area is 608 Å². The van der Waals surface area contributed by atoms with Crippen molar-refractivity contribution in [2.24, 2.45) is 0 Å². The van der Waals surface area contributed by atoms with Gasteiger partial charge in [0.1, 0.15) is 55.9 Å². The molecule has 0 N–H and O–H groups in total. The normalized spacial score (nSPS) is 23.5. The van der Waals surface area contributed by atoms with Crippen LogP contribution in [-0.4, -0.2) is 146 Å². The lowest BCUT2D eigenvalue weighted by Crippen LogP contribution is -2.70. The average molecular weight is 1420 g/mol. The van der Waals surface area contributed by atoms with E-state index in [9.17, 15) is 19.2 Å². The summed E-state index contributed by atoms with van der Waals surface area (Å²) < 4.78 is 95.0. The Hall–Kier alpha value is -10.7. The van der Waals surface area contributed by atoms with Gasteiger partial charge < -0.3 is 66.3 Å². The number of piperidine rings is 1. The molecule has 105 heavy (non-hydrogen) atoms. The maximum atomic E-state index is 15.4. The van der Waals surface area contributed by atoms with E-state index >= 15 is 9.59 Å². The number of carbonyl (C=O) groups excluding carboxylic acids is 6. The molecule has 9 aromatic rings. The molecular weight excluding hydrogens is 1340 g/mol. The third kappa shape index (κ3) is 20.2. The molecule has 9 aromatic carbocycles. The van der Waals surface area contributed by atoms with Crippen LogP contribution in [0.4, 0.5) is 4.79 Å². The summed E-state index contributed by atoms with van der Waals surface area (Å²) >= 11 is 0. The molecule has 3 aliphatic rings. The van der Waals surface area contributed by atoms with Gasteiger partial charge in [0.2, 0.25) is 0 Å². The van der Waals surface area contributed by atoms with Crippen LogP contribution < -0.4 is 0 Å². The van der Waals surface area contributed by atoms with Crippen LogP contribution in [0.15, 0.2) is 273 Å². The molecular formula is C84H81NO20. The minimum Gasteiger partial charge on any atom is -0.459 e. The molecule has 3 saturated heterocycles. The van der Waals surface area contributed by atoms with Crippen molar-refractivity contribution in [2.75, 3.05) is 19.8 Å². The monoisotopic (exact) mass is 1420 g/mol. The first-order valence-corrected chi connectivity index (χ1v) is 34.7. The Morgan fingerprint density at radius 2 is 0.724 bits per heavy atom. The minimum absolute atomic E-state index is 0.00957. The van der Waals surface area contributed by atoms with Crippen molar-refractivity contribution in [2.45, 2.75) is 133 Å². The predicted molar refractivity (Wildman–Crippen MR) is 380 cm³/mol. The van der Waals surface area contributed by atoms with Crippen LogP contribution in [0.3, 0.4) is 0 Å². The smallest absolute Gasteiger partial charge is 0.410 e. The summed E-state index contributed by atoms with van der Waals surface area (Å²) in [7, 11) is 0. The number of esters is 5. The second kappa shape index (κ2) is 37.1. The van der Waals surface area contributed by atoms with Gasteiger partial charge in [-0.1, -0.05) is 224 Å². The van der Waals surface area contributed by atoms with Crippen LogP contribution >= 0.6 is 0 Å². The van der Waals surface area contributed by atoms with Crippen LogP contribution in [-0.2, 0) is 104 Å². The Kier molecular flexibility index (Phi) is 26.2. The number of ether oxygens (including phenoxy) is 14. The highest BCUT2D eigenvalue weighted by molar-refractivity contribution is 5.92. The van der Waals surface area contributed by atoms with E-state index in [-0.39, 0.29) is 61.9 Å². The number of amides is 1. The van der Waals surface area contributed by atoms with Crippen molar-refractivity contribution in [1.29, 1.82) is 0 Å². The molecule has 12 rings (SSSR count). The van der Waals surface area contributed by atoms with E-state index in [0.717, 1.165) is 22.3 Å². The number of hydrogen-bond donors (Lipinski definition) is 0. The zero-order valence-electron chi connectivity index (χ0n) is 57.8. The molecule has 0 saturated carbocycles. The van der Waals surface area contributed by atoms with Crippen molar-refractivity contribution in [3.8, 4) is 0 Å². The molecule has 0 spiro atoms. The van der Waals surface area contributed by atoms with Gasteiger partial charge in [0, 0.05) is 6.92 Å². The first-order chi connectivity index (χ1) is 51.4. The second-order valence-electron chi connectivity index (χ2n) is 25.3. The maximum absolute atomic E-state index is 15.4. The second-order valence-corrected chi connectivity index (χ2v) is 25.3. The average Bonchev–Trinajstić information content (AvgIpc) is 0.762. The number of likely N-dealkylation sites (tertiary alicyclic amines) is 1. The van der Waals surface area contributed by atoms with Gasteiger partial charge in [0.05, 0.1) is 74.0 Å². The molecule has 0 aliphatic carbocycles. The molecule has 0 unspecified atom stereocenters. The van der Waals surface area contributed by atoms with E-state index in [1.165, 1.54) is 60.4 Å². The number of rotatable bonds is 29. The van der Waals surface area contributed by atoms with Gasteiger partial charge in [-0.25, -0.2) is 24.0 Å². The fourth-order valence-electron chi connectivity index (χ4n) is 12.7. The third-order valence-electron chi connectivity index (χ3n) is 17.9.